The van der Waals surface area contributed by atoms with E-state index in [9.17, 15) is 14.9 Å². The second kappa shape index (κ2) is 11.9. The summed E-state index contributed by atoms with van der Waals surface area (Å²) in [6.07, 6.45) is -0.579. The van der Waals surface area contributed by atoms with Crippen LogP contribution in [-0.2, 0) is 14.2 Å². The lowest BCUT2D eigenvalue weighted by atomic mass is 10.1. The third kappa shape index (κ3) is 7.94. The van der Waals surface area contributed by atoms with Gasteiger partial charge in [-0.1, -0.05) is 12.1 Å². The number of pyridine rings is 1. The zero-order valence-corrected chi connectivity index (χ0v) is 20.3. The van der Waals surface area contributed by atoms with E-state index in [1.807, 2.05) is 37.3 Å². The van der Waals surface area contributed by atoms with Crippen LogP contribution < -0.4 is 16.0 Å². The van der Waals surface area contributed by atoms with Crippen molar-refractivity contribution >= 4 is 29.4 Å². The molecule has 2 rings (SSSR count). The van der Waals surface area contributed by atoms with Crippen molar-refractivity contribution < 1.29 is 23.8 Å². The molecule has 34 heavy (non-hydrogen) atoms. The van der Waals surface area contributed by atoms with Gasteiger partial charge >= 0.3 is 12.1 Å². The molecule has 0 saturated heterocycles. The molecule has 1 aromatic heterocycles. The summed E-state index contributed by atoms with van der Waals surface area (Å²) >= 11 is 0. The van der Waals surface area contributed by atoms with Gasteiger partial charge in [-0.25, -0.2) is 14.6 Å². The van der Waals surface area contributed by atoms with E-state index in [1.54, 1.807) is 20.8 Å². The lowest BCUT2D eigenvalue weighted by molar-refractivity contribution is 0.0473. The number of nitrogens with one attached hydrogen (secondary N) is 3. The van der Waals surface area contributed by atoms with Crippen LogP contribution in [0.3, 0.4) is 0 Å². The van der Waals surface area contributed by atoms with E-state index in [4.69, 9.17) is 14.2 Å². The summed E-state index contributed by atoms with van der Waals surface area (Å²) in [7, 11) is 2.76. The third-order valence-corrected chi connectivity index (χ3v) is 4.43. The second-order valence-corrected chi connectivity index (χ2v) is 8.56. The maximum Gasteiger partial charge on any atom is 0.408 e. The first-order chi connectivity index (χ1) is 16.1. The molecular weight excluding hydrogens is 438 g/mol. The number of anilines is 3. The van der Waals surface area contributed by atoms with Gasteiger partial charge in [-0.3, -0.25) is 0 Å². The standard InChI is InChI=1S/C24H31N5O5/c1-15-8-7-9-17(10-15)27-21-20(22(30)33-6)16(12-25)11-19(29-21)26-13-18(14-32-5)28-23(31)34-24(2,3)4/h7-11,18H,13-14H2,1-6H3,(H,28,31)(H2,26,27,29). The number of carbonyl (C=O) groups excluding carboxylic acids is 2. The van der Waals surface area contributed by atoms with Crippen molar-refractivity contribution in [3.63, 3.8) is 0 Å². The number of nitrogens with zero attached hydrogens (tertiary/aromatic N) is 2. The Kier molecular flexibility index (Phi) is 9.21. The van der Waals surface area contributed by atoms with E-state index < -0.39 is 23.7 Å². The molecule has 0 fully saturated rings. The molecule has 1 amide bonds. The van der Waals surface area contributed by atoms with Gasteiger partial charge < -0.3 is 30.2 Å². The molecule has 1 aromatic carbocycles. The highest BCUT2D eigenvalue weighted by molar-refractivity contribution is 5.98. The Hall–Kier alpha value is -3.84. The van der Waals surface area contributed by atoms with Crippen LogP contribution in [0.4, 0.5) is 22.1 Å². The Balaban J connectivity index is 2.31. The molecule has 182 valence electrons. The molecule has 0 aliphatic carbocycles. The first-order valence-corrected chi connectivity index (χ1v) is 10.7. The maximum atomic E-state index is 12.4. The average Bonchev–Trinajstić information content (AvgIpc) is 2.75. The second-order valence-electron chi connectivity index (χ2n) is 8.56. The Bertz CT molecular complexity index is 1060. The molecule has 0 bridgehead atoms. The third-order valence-electron chi connectivity index (χ3n) is 4.43. The molecule has 1 heterocycles. The van der Waals surface area contributed by atoms with E-state index in [0.717, 1.165) is 5.56 Å². The number of benzene rings is 1. The van der Waals surface area contributed by atoms with Crippen molar-refractivity contribution in [2.75, 3.05) is 38.0 Å². The molecular formula is C24H31N5O5. The van der Waals surface area contributed by atoms with E-state index in [2.05, 4.69) is 20.9 Å². The van der Waals surface area contributed by atoms with Crippen LogP contribution in [0.5, 0.6) is 0 Å². The van der Waals surface area contributed by atoms with Crippen molar-refractivity contribution in [2.24, 2.45) is 0 Å². The van der Waals surface area contributed by atoms with Gasteiger partial charge in [0.05, 0.1) is 25.3 Å². The fourth-order valence-corrected chi connectivity index (χ4v) is 3.04. The van der Waals surface area contributed by atoms with Gasteiger partial charge in [0.1, 0.15) is 28.9 Å². The van der Waals surface area contributed by atoms with Crippen molar-refractivity contribution in [2.45, 2.75) is 39.3 Å². The zero-order valence-electron chi connectivity index (χ0n) is 20.3. The summed E-state index contributed by atoms with van der Waals surface area (Å²) in [5.74, 6) is -0.191. The molecule has 0 saturated carbocycles. The fraction of sp³-hybridized carbons (Fsp3) is 0.417. The molecule has 0 aliphatic rings. The molecule has 3 N–H and O–H groups in total. The normalized spacial score (nSPS) is 11.7. The Morgan fingerprint density at radius 3 is 2.53 bits per heavy atom. The summed E-state index contributed by atoms with van der Waals surface area (Å²) in [4.78, 5) is 29.1. The van der Waals surface area contributed by atoms with Crippen LogP contribution in [0.25, 0.3) is 0 Å². The largest absolute Gasteiger partial charge is 0.465 e. The quantitative estimate of drug-likeness (QED) is 0.469. The van der Waals surface area contributed by atoms with Crippen LogP contribution in [0.2, 0.25) is 0 Å². The van der Waals surface area contributed by atoms with E-state index in [-0.39, 0.29) is 30.1 Å². The number of ether oxygens (including phenoxy) is 3. The number of alkyl carbamates (subject to hydrolysis) is 1. The lowest BCUT2D eigenvalue weighted by Crippen LogP contribution is -2.45. The first kappa shape index (κ1) is 26.4. The maximum absolute atomic E-state index is 12.4. The monoisotopic (exact) mass is 469 g/mol. The Labute approximate surface area is 199 Å². The number of nitriles is 1. The van der Waals surface area contributed by atoms with Gasteiger partial charge in [0, 0.05) is 19.3 Å². The molecule has 10 nitrogen and oxygen atoms in total. The van der Waals surface area contributed by atoms with Gasteiger partial charge in [0.2, 0.25) is 0 Å². The van der Waals surface area contributed by atoms with E-state index in [0.29, 0.717) is 11.5 Å². The van der Waals surface area contributed by atoms with Gasteiger partial charge in [-0.05, 0) is 51.5 Å². The van der Waals surface area contributed by atoms with Crippen LogP contribution in [0.15, 0.2) is 30.3 Å². The SMILES string of the molecule is COCC(CNc1cc(C#N)c(C(=O)OC)c(Nc2cccc(C)c2)n1)NC(=O)OC(C)(C)C. The predicted molar refractivity (Wildman–Crippen MR) is 128 cm³/mol. The van der Waals surface area contributed by atoms with E-state index in [1.165, 1.54) is 20.3 Å². The predicted octanol–water partition coefficient (Wildman–Crippen LogP) is 3.74. The van der Waals surface area contributed by atoms with Gasteiger partial charge in [-0.15, -0.1) is 0 Å². The van der Waals surface area contributed by atoms with Crippen molar-refractivity contribution in [1.29, 1.82) is 5.26 Å². The molecule has 0 aliphatic heterocycles. The summed E-state index contributed by atoms with van der Waals surface area (Å²) in [6, 6.07) is 10.5. The number of hydrogen-bond donors (Lipinski definition) is 3. The molecule has 0 spiro atoms. The minimum absolute atomic E-state index is 0.0253. The topological polar surface area (TPSA) is 135 Å². The summed E-state index contributed by atoms with van der Waals surface area (Å²) in [6.45, 7) is 7.70. The number of aromatic nitrogens is 1. The molecule has 10 heteroatoms. The summed E-state index contributed by atoms with van der Waals surface area (Å²) in [5, 5.41) is 18.6. The smallest absolute Gasteiger partial charge is 0.408 e. The number of hydrogen-bond acceptors (Lipinski definition) is 9. The molecule has 0 radical (unpaired) electrons. The minimum Gasteiger partial charge on any atom is -0.465 e. The van der Waals surface area contributed by atoms with Gasteiger partial charge in [0.25, 0.3) is 0 Å². The summed E-state index contributed by atoms with van der Waals surface area (Å²) < 4.78 is 15.4. The van der Waals surface area contributed by atoms with Crippen LogP contribution in [0.1, 0.15) is 42.3 Å². The average molecular weight is 470 g/mol. The zero-order chi connectivity index (χ0) is 25.3. The number of amides is 1. The minimum atomic E-state index is -0.686. The van der Waals surface area contributed by atoms with Crippen LogP contribution in [0, 0.1) is 18.3 Å². The Morgan fingerprint density at radius 1 is 1.21 bits per heavy atom. The number of methoxy groups -OCH3 is 2. The summed E-state index contributed by atoms with van der Waals surface area (Å²) in [5.41, 5.74) is 1.18. The number of aryl methyl sites for hydroxylation is 1. The van der Waals surface area contributed by atoms with Crippen molar-refractivity contribution in [3.05, 3.63) is 47.0 Å². The van der Waals surface area contributed by atoms with Crippen LogP contribution in [-0.4, -0.2) is 56.1 Å². The van der Waals surface area contributed by atoms with Gasteiger partial charge in [-0.2, -0.15) is 5.26 Å². The van der Waals surface area contributed by atoms with Crippen molar-refractivity contribution in [1.82, 2.24) is 10.3 Å². The molecule has 2 aromatic rings. The van der Waals surface area contributed by atoms with Crippen molar-refractivity contribution in [3.8, 4) is 6.07 Å². The molecule has 1 unspecified atom stereocenters. The lowest BCUT2D eigenvalue weighted by Gasteiger charge is -2.24. The van der Waals surface area contributed by atoms with Crippen LogP contribution >= 0.6 is 0 Å². The van der Waals surface area contributed by atoms with Gasteiger partial charge in [0.15, 0.2) is 0 Å². The number of esters is 1. The highest BCUT2D eigenvalue weighted by Crippen LogP contribution is 2.26. The fourth-order valence-electron chi connectivity index (χ4n) is 3.04. The highest BCUT2D eigenvalue weighted by atomic mass is 16.6. The first-order valence-electron chi connectivity index (χ1n) is 10.7. The van der Waals surface area contributed by atoms with E-state index >= 15 is 0 Å². The Morgan fingerprint density at radius 2 is 1.94 bits per heavy atom. The molecule has 1 atom stereocenters. The highest BCUT2D eigenvalue weighted by Gasteiger charge is 2.22. The number of carbonyl (C=O) groups is 2. The number of rotatable bonds is 9.